The molecule has 202 valence electrons. The molecule has 6 nitrogen and oxygen atoms in total. The van der Waals surface area contributed by atoms with Gasteiger partial charge in [-0.2, -0.15) is 0 Å². The average Bonchev–Trinajstić information content (AvgIpc) is 3.32. The summed E-state index contributed by atoms with van der Waals surface area (Å²) in [5.41, 5.74) is 7.09. The molecule has 0 saturated carbocycles. The van der Waals surface area contributed by atoms with Crippen LogP contribution in [0.3, 0.4) is 0 Å². The van der Waals surface area contributed by atoms with Crippen molar-refractivity contribution in [1.29, 1.82) is 0 Å². The lowest BCUT2D eigenvalue weighted by Gasteiger charge is -2.40. The monoisotopic (exact) mass is 585 g/mol. The van der Waals surface area contributed by atoms with E-state index in [1.807, 2.05) is 12.1 Å². The first-order chi connectivity index (χ1) is 19.0. The summed E-state index contributed by atoms with van der Waals surface area (Å²) in [6.07, 6.45) is 2.00. The van der Waals surface area contributed by atoms with Crippen molar-refractivity contribution in [3.63, 3.8) is 0 Å². The van der Waals surface area contributed by atoms with Crippen LogP contribution in [0.2, 0.25) is 0 Å². The minimum Gasteiger partial charge on any atom is -0.368 e. The Morgan fingerprint density at radius 2 is 1.77 bits per heavy atom. The van der Waals surface area contributed by atoms with Gasteiger partial charge in [-0.1, -0.05) is 46.3 Å². The standard InChI is InChI=1S/C32H36BrN5O/c1-23-12-13-24(2)30(19-23)36-15-17-37(18-16-36)32(39)25-7-6-14-35(21-25)22-31-34-28-10-3-4-11-29(28)38(31)27-9-5-8-26(33)20-27/h3-5,8-13,19-20,25H,6-7,14-18,21-22H2,1-2H3/t25-/m0/s1. The van der Waals surface area contributed by atoms with Crippen LogP contribution in [0.4, 0.5) is 5.69 Å². The van der Waals surface area contributed by atoms with E-state index < -0.39 is 0 Å². The maximum atomic E-state index is 13.6. The van der Waals surface area contributed by atoms with Gasteiger partial charge in [-0.3, -0.25) is 14.3 Å². The minimum atomic E-state index is 0.0507. The number of hydrogen-bond donors (Lipinski definition) is 0. The summed E-state index contributed by atoms with van der Waals surface area (Å²) in [5.74, 6) is 1.39. The number of anilines is 1. The SMILES string of the molecule is Cc1ccc(C)c(N2CCN(C(=O)[C@H]3CCCN(Cc4nc5ccccc5n4-c4cccc(Br)c4)C3)CC2)c1. The molecule has 6 rings (SSSR count). The Bertz CT molecular complexity index is 1490. The number of para-hydroxylation sites is 2. The molecule has 3 heterocycles. The Hall–Kier alpha value is -3.16. The first kappa shape index (κ1) is 26.1. The molecule has 3 aromatic carbocycles. The zero-order chi connectivity index (χ0) is 26.9. The molecule has 1 atom stereocenters. The number of aryl methyl sites for hydroxylation is 2. The quantitative estimate of drug-likeness (QED) is 0.289. The molecule has 39 heavy (non-hydrogen) atoms. The number of carbonyl (C=O) groups is 1. The number of fused-ring (bicyclic) bond motifs is 1. The third kappa shape index (κ3) is 5.48. The van der Waals surface area contributed by atoms with Crippen LogP contribution in [-0.2, 0) is 11.3 Å². The van der Waals surface area contributed by atoms with Crippen LogP contribution in [0.1, 0.15) is 29.8 Å². The Labute approximate surface area is 239 Å². The van der Waals surface area contributed by atoms with Gasteiger partial charge < -0.3 is 9.80 Å². The first-order valence-electron chi connectivity index (χ1n) is 14.0. The first-order valence-corrected chi connectivity index (χ1v) is 14.8. The van der Waals surface area contributed by atoms with Crippen LogP contribution in [-0.4, -0.2) is 64.5 Å². The topological polar surface area (TPSA) is 44.6 Å². The van der Waals surface area contributed by atoms with Crippen LogP contribution in [0.15, 0.2) is 71.2 Å². The molecule has 2 aliphatic heterocycles. The maximum Gasteiger partial charge on any atom is 0.227 e. The fourth-order valence-electron chi connectivity index (χ4n) is 6.17. The largest absolute Gasteiger partial charge is 0.368 e. The smallest absolute Gasteiger partial charge is 0.227 e. The molecule has 0 N–H and O–H groups in total. The minimum absolute atomic E-state index is 0.0507. The number of hydrogen-bond acceptors (Lipinski definition) is 4. The van der Waals surface area contributed by atoms with Crippen LogP contribution >= 0.6 is 15.9 Å². The van der Waals surface area contributed by atoms with Gasteiger partial charge in [0, 0.05) is 48.6 Å². The number of rotatable bonds is 5. The number of piperidine rings is 1. The fraction of sp³-hybridized carbons (Fsp3) is 0.375. The molecule has 2 aliphatic rings. The second-order valence-corrected chi connectivity index (χ2v) is 11.9. The van der Waals surface area contributed by atoms with Gasteiger partial charge in [-0.05, 0) is 80.8 Å². The summed E-state index contributed by atoms with van der Waals surface area (Å²) in [7, 11) is 0. The molecule has 4 aromatic rings. The summed E-state index contributed by atoms with van der Waals surface area (Å²) in [5, 5.41) is 0. The van der Waals surface area contributed by atoms with Gasteiger partial charge in [0.25, 0.3) is 0 Å². The number of piperazine rings is 1. The zero-order valence-corrected chi connectivity index (χ0v) is 24.4. The number of nitrogens with zero attached hydrogens (tertiary/aromatic N) is 5. The Balaban J connectivity index is 1.14. The molecule has 0 aliphatic carbocycles. The molecule has 2 saturated heterocycles. The summed E-state index contributed by atoms with van der Waals surface area (Å²) in [6.45, 7) is 10.2. The van der Waals surface area contributed by atoms with Crippen molar-refractivity contribution in [3.8, 4) is 5.69 Å². The third-order valence-corrected chi connectivity index (χ3v) is 8.71. The predicted octanol–water partition coefficient (Wildman–Crippen LogP) is 5.97. The highest BCUT2D eigenvalue weighted by molar-refractivity contribution is 9.10. The molecule has 1 aromatic heterocycles. The van der Waals surface area contributed by atoms with E-state index in [2.05, 4.69) is 104 Å². The second-order valence-electron chi connectivity index (χ2n) is 11.0. The van der Waals surface area contributed by atoms with Gasteiger partial charge in [-0.15, -0.1) is 0 Å². The molecule has 7 heteroatoms. The third-order valence-electron chi connectivity index (χ3n) is 8.21. The second kappa shape index (κ2) is 11.1. The molecule has 0 spiro atoms. The van der Waals surface area contributed by atoms with Crippen molar-refractivity contribution in [1.82, 2.24) is 19.4 Å². The fourth-order valence-corrected chi connectivity index (χ4v) is 6.56. The van der Waals surface area contributed by atoms with Gasteiger partial charge in [0.05, 0.1) is 23.5 Å². The van der Waals surface area contributed by atoms with Gasteiger partial charge >= 0.3 is 0 Å². The zero-order valence-electron chi connectivity index (χ0n) is 22.8. The van der Waals surface area contributed by atoms with E-state index in [9.17, 15) is 4.79 Å². The van der Waals surface area contributed by atoms with Crippen molar-refractivity contribution in [3.05, 3.63) is 88.2 Å². The highest BCUT2D eigenvalue weighted by Gasteiger charge is 2.32. The maximum absolute atomic E-state index is 13.6. The molecule has 1 amide bonds. The average molecular weight is 587 g/mol. The van der Waals surface area contributed by atoms with Gasteiger partial charge in [-0.25, -0.2) is 4.98 Å². The highest BCUT2D eigenvalue weighted by atomic mass is 79.9. The number of benzene rings is 3. The number of likely N-dealkylation sites (tertiary alicyclic amines) is 1. The summed E-state index contributed by atoms with van der Waals surface area (Å²) in [4.78, 5) is 25.6. The number of imidazole rings is 1. The summed E-state index contributed by atoms with van der Waals surface area (Å²) >= 11 is 3.63. The van der Waals surface area contributed by atoms with E-state index in [0.717, 1.165) is 85.7 Å². The van der Waals surface area contributed by atoms with Gasteiger partial charge in [0.15, 0.2) is 0 Å². The van der Waals surface area contributed by atoms with Crippen molar-refractivity contribution >= 4 is 38.6 Å². The van der Waals surface area contributed by atoms with E-state index in [-0.39, 0.29) is 5.92 Å². The van der Waals surface area contributed by atoms with E-state index in [0.29, 0.717) is 5.91 Å². The van der Waals surface area contributed by atoms with Crippen molar-refractivity contribution in [2.24, 2.45) is 5.92 Å². The molecular weight excluding hydrogens is 550 g/mol. The van der Waals surface area contributed by atoms with Crippen LogP contribution in [0, 0.1) is 19.8 Å². The predicted molar refractivity (Wildman–Crippen MR) is 161 cm³/mol. The lowest BCUT2D eigenvalue weighted by molar-refractivity contribution is -0.137. The van der Waals surface area contributed by atoms with Gasteiger partial charge in [0.2, 0.25) is 5.91 Å². The summed E-state index contributed by atoms with van der Waals surface area (Å²) in [6, 6.07) is 23.3. The number of aromatic nitrogens is 2. The number of halogens is 1. The molecule has 0 unspecified atom stereocenters. The van der Waals surface area contributed by atoms with E-state index in [4.69, 9.17) is 4.98 Å². The van der Waals surface area contributed by atoms with Crippen LogP contribution < -0.4 is 4.90 Å². The van der Waals surface area contributed by atoms with Crippen LogP contribution in [0.25, 0.3) is 16.7 Å². The lowest BCUT2D eigenvalue weighted by atomic mass is 9.96. The van der Waals surface area contributed by atoms with Crippen molar-refractivity contribution in [2.45, 2.75) is 33.2 Å². The van der Waals surface area contributed by atoms with Gasteiger partial charge in [0.1, 0.15) is 5.82 Å². The van der Waals surface area contributed by atoms with E-state index in [1.165, 1.54) is 16.8 Å². The number of amides is 1. The molecule has 0 radical (unpaired) electrons. The summed E-state index contributed by atoms with van der Waals surface area (Å²) < 4.78 is 3.31. The highest BCUT2D eigenvalue weighted by Crippen LogP contribution is 2.28. The normalized spacial score (nSPS) is 18.6. The van der Waals surface area contributed by atoms with Crippen molar-refractivity contribution in [2.75, 3.05) is 44.2 Å². The van der Waals surface area contributed by atoms with Crippen molar-refractivity contribution < 1.29 is 4.79 Å². The Kier molecular flexibility index (Phi) is 7.45. The molecule has 0 bridgehead atoms. The van der Waals surface area contributed by atoms with E-state index >= 15 is 0 Å². The molecular formula is C32H36BrN5O. The lowest BCUT2D eigenvalue weighted by Crippen LogP contribution is -2.52. The molecule has 2 fully saturated rings. The Morgan fingerprint density at radius 1 is 0.949 bits per heavy atom. The number of carbonyl (C=O) groups excluding carboxylic acids is 1. The Morgan fingerprint density at radius 3 is 2.59 bits per heavy atom. The van der Waals surface area contributed by atoms with Crippen LogP contribution in [0.5, 0.6) is 0 Å². The van der Waals surface area contributed by atoms with E-state index in [1.54, 1.807) is 0 Å².